The van der Waals surface area contributed by atoms with Gasteiger partial charge in [-0.1, -0.05) is 85.6 Å². The Labute approximate surface area is 274 Å². The molecule has 15 heteroatoms. The number of hydrogen-bond donors (Lipinski definition) is 1. The maximum Gasteiger partial charge on any atom is 0.515 e. The molecule has 0 saturated heterocycles. The second-order valence-corrected chi connectivity index (χ2v) is 10.9. The lowest BCUT2D eigenvalue weighted by Gasteiger charge is -2.13. The van der Waals surface area contributed by atoms with Crippen molar-refractivity contribution >= 4 is 17.8 Å². The standard InChI is InChI=1S/C32H32ClN7O7/c1-3-4-12-29-34-30(33)28(19-41)38(29)18-22-13-15-24(16-14-22)26-10-5-6-11-27(26)31-35-37-39(36-31)21(2)46-32(42)47-25-9-7-8-23(17-25)20-45-40(43)44/h5-11,13-17,21,41H,3-4,12,18-20H2,1-2H3. The number of aromatic nitrogens is 6. The summed E-state index contributed by atoms with van der Waals surface area (Å²) in [4.78, 5) is 32.9. The average Bonchev–Trinajstić information content (AvgIpc) is 3.68. The number of unbranched alkanes of at least 4 members (excludes halogenated alkanes) is 1. The molecule has 0 fully saturated rings. The first kappa shape index (κ1) is 33.0. The Kier molecular flexibility index (Phi) is 10.8. The second-order valence-electron chi connectivity index (χ2n) is 10.5. The zero-order valence-electron chi connectivity index (χ0n) is 25.7. The highest BCUT2D eigenvalue weighted by Crippen LogP contribution is 2.31. The van der Waals surface area contributed by atoms with Gasteiger partial charge in [0.2, 0.25) is 12.1 Å². The largest absolute Gasteiger partial charge is 0.515 e. The predicted molar refractivity (Wildman–Crippen MR) is 170 cm³/mol. The van der Waals surface area contributed by atoms with E-state index in [0.717, 1.165) is 52.1 Å². The molecule has 1 atom stereocenters. The molecule has 1 N–H and O–H groups in total. The third-order valence-corrected chi connectivity index (χ3v) is 7.54. The van der Waals surface area contributed by atoms with Crippen LogP contribution < -0.4 is 4.74 Å². The van der Waals surface area contributed by atoms with E-state index in [1.54, 1.807) is 19.1 Å². The van der Waals surface area contributed by atoms with Crippen LogP contribution in [0.2, 0.25) is 5.15 Å². The van der Waals surface area contributed by atoms with E-state index in [1.165, 1.54) is 12.1 Å². The fourth-order valence-electron chi connectivity index (χ4n) is 4.89. The van der Waals surface area contributed by atoms with E-state index in [1.807, 2.05) is 53.1 Å². The van der Waals surface area contributed by atoms with Crippen molar-refractivity contribution in [2.45, 2.75) is 59.1 Å². The van der Waals surface area contributed by atoms with Crippen LogP contribution >= 0.6 is 11.6 Å². The minimum Gasteiger partial charge on any atom is -0.407 e. The van der Waals surface area contributed by atoms with Gasteiger partial charge in [0.25, 0.3) is 5.09 Å². The molecule has 1 unspecified atom stereocenters. The Morgan fingerprint density at radius 1 is 1.06 bits per heavy atom. The van der Waals surface area contributed by atoms with Gasteiger partial charge in [0.15, 0.2) is 5.15 Å². The van der Waals surface area contributed by atoms with Crippen molar-refractivity contribution in [3.63, 3.8) is 0 Å². The number of benzene rings is 3. The topological polar surface area (TPSA) is 170 Å². The van der Waals surface area contributed by atoms with Crippen LogP contribution in [0.15, 0.2) is 72.8 Å². The first-order valence-electron chi connectivity index (χ1n) is 14.8. The fraction of sp³-hybridized carbons (Fsp3) is 0.281. The average molecular weight is 662 g/mol. The summed E-state index contributed by atoms with van der Waals surface area (Å²) in [6.45, 7) is 3.71. The van der Waals surface area contributed by atoms with Gasteiger partial charge in [0.1, 0.15) is 18.2 Å². The van der Waals surface area contributed by atoms with Crippen molar-refractivity contribution in [2.75, 3.05) is 0 Å². The molecular weight excluding hydrogens is 630 g/mol. The van der Waals surface area contributed by atoms with E-state index in [2.05, 4.69) is 32.2 Å². The van der Waals surface area contributed by atoms with Crippen molar-refractivity contribution in [1.82, 2.24) is 29.8 Å². The molecule has 2 aromatic heterocycles. The van der Waals surface area contributed by atoms with E-state index in [-0.39, 0.29) is 19.0 Å². The summed E-state index contributed by atoms with van der Waals surface area (Å²) in [7, 11) is 0. The number of imidazole rings is 1. The Morgan fingerprint density at radius 2 is 1.83 bits per heavy atom. The quantitative estimate of drug-likeness (QED) is 0.0623. The third kappa shape index (κ3) is 8.28. The zero-order valence-corrected chi connectivity index (χ0v) is 26.4. The number of carbonyl (C=O) groups excluding carboxylic acids is 1. The van der Waals surface area contributed by atoms with Crippen molar-refractivity contribution in [1.29, 1.82) is 0 Å². The normalized spacial score (nSPS) is 11.7. The number of rotatable bonds is 14. The van der Waals surface area contributed by atoms with E-state index in [9.17, 15) is 20.0 Å². The highest BCUT2D eigenvalue weighted by atomic mass is 35.5. The monoisotopic (exact) mass is 661 g/mol. The fourth-order valence-corrected chi connectivity index (χ4v) is 5.15. The van der Waals surface area contributed by atoms with Gasteiger partial charge < -0.3 is 24.0 Å². The summed E-state index contributed by atoms with van der Waals surface area (Å²) >= 11 is 6.32. The molecule has 0 aliphatic carbocycles. The highest BCUT2D eigenvalue weighted by Gasteiger charge is 2.20. The number of aryl methyl sites for hydroxylation is 1. The molecule has 0 bridgehead atoms. The molecule has 0 amide bonds. The lowest BCUT2D eigenvalue weighted by Crippen LogP contribution is -2.19. The number of ether oxygens (including phenoxy) is 2. The molecule has 0 saturated carbocycles. The molecule has 2 heterocycles. The molecular formula is C32H32ClN7O7. The van der Waals surface area contributed by atoms with Crippen LogP contribution in [-0.2, 0) is 35.8 Å². The minimum absolute atomic E-state index is 0.124. The molecule has 3 aromatic carbocycles. The Morgan fingerprint density at radius 3 is 2.55 bits per heavy atom. The second kappa shape index (κ2) is 15.3. The number of carbonyl (C=O) groups is 1. The van der Waals surface area contributed by atoms with Gasteiger partial charge in [0.05, 0.1) is 12.3 Å². The molecule has 5 aromatic rings. The van der Waals surface area contributed by atoms with Crippen LogP contribution in [0.3, 0.4) is 0 Å². The summed E-state index contributed by atoms with van der Waals surface area (Å²) in [5, 5.41) is 32.5. The Hall–Kier alpha value is -5.34. The van der Waals surface area contributed by atoms with Crippen molar-refractivity contribution in [3.05, 3.63) is 111 Å². The van der Waals surface area contributed by atoms with Gasteiger partial charge in [-0.25, -0.2) is 9.78 Å². The van der Waals surface area contributed by atoms with Gasteiger partial charge in [-0.2, -0.15) is 0 Å². The minimum atomic E-state index is -1.02. The molecule has 244 valence electrons. The van der Waals surface area contributed by atoms with Crippen LogP contribution in [0.25, 0.3) is 22.5 Å². The molecule has 47 heavy (non-hydrogen) atoms. The SMILES string of the molecule is CCCCc1nc(Cl)c(CO)n1Cc1ccc(-c2ccccc2-c2nnn(C(C)OC(=O)Oc3cccc(CO[N+](=O)[O-])c3)n2)cc1. The molecule has 0 spiro atoms. The van der Waals surface area contributed by atoms with Crippen molar-refractivity contribution in [2.24, 2.45) is 0 Å². The predicted octanol–water partition coefficient (Wildman–Crippen LogP) is 6.18. The molecule has 5 rings (SSSR count). The summed E-state index contributed by atoms with van der Waals surface area (Å²) < 4.78 is 12.5. The van der Waals surface area contributed by atoms with Crippen LogP contribution in [0.4, 0.5) is 4.79 Å². The molecule has 0 aliphatic heterocycles. The van der Waals surface area contributed by atoms with Crippen molar-refractivity contribution in [3.8, 4) is 28.3 Å². The molecule has 14 nitrogen and oxygen atoms in total. The van der Waals surface area contributed by atoms with Gasteiger partial charge in [0, 0.05) is 18.5 Å². The number of aliphatic hydroxyl groups is 1. The summed E-state index contributed by atoms with van der Waals surface area (Å²) in [6, 6.07) is 21.7. The van der Waals surface area contributed by atoms with Gasteiger partial charge in [-0.05, 0) is 52.9 Å². The maximum absolute atomic E-state index is 12.4. The third-order valence-electron chi connectivity index (χ3n) is 7.24. The van der Waals surface area contributed by atoms with E-state index >= 15 is 0 Å². The lowest BCUT2D eigenvalue weighted by atomic mass is 9.98. The first-order valence-corrected chi connectivity index (χ1v) is 15.2. The lowest BCUT2D eigenvalue weighted by molar-refractivity contribution is -0.763. The number of hydrogen-bond acceptors (Lipinski definition) is 11. The number of aliphatic hydroxyl groups excluding tert-OH is 1. The Bertz CT molecular complexity index is 1840. The highest BCUT2D eigenvalue weighted by molar-refractivity contribution is 6.30. The smallest absolute Gasteiger partial charge is 0.407 e. The maximum atomic E-state index is 12.4. The van der Waals surface area contributed by atoms with Gasteiger partial charge in [-0.15, -0.1) is 25.1 Å². The number of tetrazole rings is 1. The van der Waals surface area contributed by atoms with Crippen LogP contribution in [0, 0.1) is 10.1 Å². The summed E-state index contributed by atoms with van der Waals surface area (Å²) in [5.41, 5.74) is 4.58. The summed E-state index contributed by atoms with van der Waals surface area (Å²) in [6.07, 6.45) is 0.792. The van der Waals surface area contributed by atoms with Gasteiger partial charge in [-0.3, -0.25) is 0 Å². The van der Waals surface area contributed by atoms with E-state index in [0.29, 0.717) is 28.8 Å². The number of halogens is 1. The van der Waals surface area contributed by atoms with E-state index < -0.39 is 17.5 Å². The van der Waals surface area contributed by atoms with Crippen LogP contribution in [0.1, 0.15) is 55.6 Å². The van der Waals surface area contributed by atoms with Crippen LogP contribution in [-0.4, -0.2) is 46.1 Å². The zero-order chi connectivity index (χ0) is 33.3. The first-order chi connectivity index (χ1) is 22.7. The Balaban J connectivity index is 1.27. The van der Waals surface area contributed by atoms with Gasteiger partial charge >= 0.3 is 6.16 Å². The van der Waals surface area contributed by atoms with Crippen LogP contribution in [0.5, 0.6) is 5.75 Å². The van der Waals surface area contributed by atoms with E-state index in [4.69, 9.17) is 21.1 Å². The molecule has 0 radical (unpaired) electrons. The summed E-state index contributed by atoms with van der Waals surface area (Å²) in [5.74, 6) is 1.30. The number of nitrogens with zero attached hydrogens (tertiary/aromatic N) is 7. The van der Waals surface area contributed by atoms with Crippen molar-refractivity contribution < 1.29 is 29.3 Å². The molecule has 0 aliphatic rings.